The van der Waals surface area contributed by atoms with E-state index in [1.54, 1.807) is 53.4 Å². The Morgan fingerprint density at radius 3 is 2.44 bits per heavy atom. The predicted octanol–water partition coefficient (Wildman–Crippen LogP) is 3.05. The lowest BCUT2D eigenvalue weighted by molar-refractivity contribution is -0.126. The number of nitrogens with zero attached hydrogens (tertiary/aromatic N) is 2. The number of benzene rings is 2. The standard InChI is InChI=1S/C20H20ClN3O3/c21-17-7-5-15(6-8-17)20(27)24-11-9-14(10-12-24)19(26)23-22-13-16-3-1-2-4-18(16)25/h1-8,13-14,25H,9-12H2,(H,23,26)/b22-13-. The first-order valence-corrected chi connectivity index (χ1v) is 9.08. The van der Waals surface area contributed by atoms with Gasteiger partial charge in [0.2, 0.25) is 5.91 Å². The number of hydrogen-bond acceptors (Lipinski definition) is 4. The summed E-state index contributed by atoms with van der Waals surface area (Å²) in [5.74, 6) is -0.325. The minimum atomic E-state index is -0.194. The molecule has 2 N–H and O–H groups in total. The zero-order valence-corrected chi connectivity index (χ0v) is 15.4. The van der Waals surface area contributed by atoms with Crippen molar-refractivity contribution in [3.05, 3.63) is 64.7 Å². The van der Waals surface area contributed by atoms with Crippen molar-refractivity contribution in [1.29, 1.82) is 0 Å². The second-order valence-corrected chi connectivity index (χ2v) is 6.80. The highest BCUT2D eigenvalue weighted by molar-refractivity contribution is 6.30. The molecule has 0 aliphatic carbocycles. The number of phenols is 1. The topological polar surface area (TPSA) is 82.0 Å². The number of para-hydroxylation sites is 1. The smallest absolute Gasteiger partial charge is 0.253 e. The molecule has 140 valence electrons. The average molecular weight is 386 g/mol. The Bertz CT molecular complexity index is 844. The Labute approximate surface area is 162 Å². The third kappa shape index (κ3) is 4.86. The molecule has 1 saturated heterocycles. The van der Waals surface area contributed by atoms with E-state index in [0.717, 1.165) is 0 Å². The highest BCUT2D eigenvalue weighted by Crippen LogP contribution is 2.20. The number of amides is 2. The lowest BCUT2D eigenvalue weighted by Crippen LogP contribution is -2.42. The van der Waals surface area contributed by atoms with Gasteiger partial charge in [-0.05, 0) is 49.2 Å². The zero-order chi connectivity index (χ0) is 19.2. The molecule has 2 aromatic carbocycles. The number of likely N-dealkylation sites (tertiary alicyclic amines) is 1. The summed E-state index contributed by atoms with van der Waals surface area (Å²) in [4.78, 5) is 26.5. The molecule has 3 rings (SSSR count). The van der Waals surface area contributed by atoms with Gasteiger partial charge in [-0.25, -0.2) is 5.43 Å². The Morgan fingerprint density at radius 1 is 1.11 bits per heavy atom. The van der Waals surface area contributed by atoms with Crippen LogP contribution in [0.5, 0.6) is 5.75 Å². The van der Waals surface area contributed by atoms with E-state index in [-0.39, 0.29) is 23.5 Å². The van der Waals surface area contributed by atoms with E-state index in [0.29, 0.717) is 42.1 Å². The SMILES string of the molecule is O=C(N/N=C\c1ccccc1O)C1CCN(C(=O)c2ccc(Cl)cc2)CC1. The van der Waals surface area contributed by atoms with Gasteiger partial charge in [0.15, 0.2) is 0 Å². The molecule has 0 spiro atoms. The lowest BCUT2D eigenvalue weighted by Gasteiger charge is -2.31. The lowest BCUT2D eigenvalue weighted by atomic mass is 9.95. The second-order valence-electron chi connectivity index (χ2n) is 6.37. The van der Waals surface area contributed by atoms with E-state index >= 15 is 0 Å². The third-order valence-corrected chi connectivity index (χ3v) is 4.81. The van der Waals surface area contributed by atoms with Crippen LogP contribution in [0.25, 0.3) is 0 Å². The molecule has 0 bridgehead atoms. The Kier molecular flexibility index (Phi) is 6.08. The Morgan fingerprint density at radius 2 is 1.78 bits per heavy atom. The monoisotopic (exact) mass is 385 g/mol. The van der Waals surface area contributed by atoms with E-state index in [1.165, 1.54) is 6.21 Å². The Balaban J connectivity index is 1.50. The first kappa shape index (κ1) is 18.9. The van der Waals surface area contributed by atoms with E-state index < -0.39 is 0 Å². The van der Waals surface area contributed by atoms with E-state index in [2.05, 4.69) is 10.5 Å². The number of halogens is 1. The van der Waals surface area contributed by atoms with Crippen LogP contribution in [0.15, 0.2) is 53.6 Å². The van der Waals surface area contributed by atoms with Crippen molar-refractivity contribution in [2.45, 2.75) is 12.8 Å². The molecular weight excluding hydrogens is 366 g/mol. The summed E-state index contributed by atoms with van der Waals surface area (Å²) in [6.07, 6.45) is 2.57. The van der Waals surface area contributed by atoms with Gasteiger partial charge in [0.05, 0.1) is 6.21 Å². The molecule has 7 heteroatoms. The van der Waals surface area contributed by atoms with Crippen molar-refractivity contribution in [1.82, 2.24) is 10.3 Å². The van der Waals surface area contributed by atoms with Gasteiger partial charge < -0.3 is 10.0 Å². The predicted molar refractivity (Wildman–Crippen MR) is 104 cm³/mol. The molecule has 6 nitrogen and oxygen atoms in total. The number of phenolic OH excluding ortho intramolecular Hbond substituents is 1. The number of aromatic hydroxyl groups is 1. The van der Waals surface area contributed by atoms with Crippen molar-refractivity contribution in [3.8, 4) is 5.75 Å². The number of carbonyl (C=O) groups is 2. The minimum absolute atomic E-state index is 0.0527. The van der Waals surface area contributed by atoms with Crippen molar-refractivity contribution < 1.29 is 14.7 Å². The molecule has 0 aromatic heterocycles. The number of carbonyl (C=O) groups excluding carboxylic acids is 2. The number of hydrogen-bond donors (Lipinski definition) is 2. The fourth-order valence-electron chi connectivity index (χ4n) is 2.97. The van der Waals surface area contributed by atoms with Gasteiger partial charge in [-0.3, -0.25) is 9.59 Å². The first-order valence-electron chi connectivity index (χ1n) is 8.70. The van der Waals surface area contributed by atoms with Crippen LogP contribution in [0.3, 0.4) is 0 Å². The number of hydrazone groups is 1. The van der Waals surface area contributed by atoms with Crippen LogP contribution < -0.4 is 5.43 Å². The second kappa shape index (κ2) is 8.68. The molecule has 0 atom stereocenters. The van der Waals surface area contributed by atoms with Crippen LogP contribution in [-0.4, -0.2) is 41.1 Å². The van der Waals surface area contributed by atoms with Gasteiger partial charge in [-0.15, -0.1) is 0 Å². The van der Waals surface area contributed by atoms with Gasteiger partial charge in [0.1, 0.15) is 5.75 Å². The molecule has 0 saturated carbocycles. The van der Waals surface area contributed by atoms with E-state index in [9.17, 15) is 14.7 Å². The third-order valence-electron chi connectivity index (χ3n) is 4.56. The number of nitrogens with one attached hydrogen (secondary N) is 1. The van der Waals surface area contributed by atoms with E-state index in [1.807, 2.05) is 0 Å². The maximum Gasteiger partial charge on any atom is 0.253 e. The summed E-state index contributed by atoms with van der Waals surface area (Å²) < 4.78 is 0. The molecule has 0 unspecified atom stereocenters. The van der Waals surface area contributed by atoms with Crippen molar-refractivity contribution in [3.63, 3.8) is 0 Å². The highest BCUT2D eigenvalue weighted by atomic mass is 35.5. The van der Waals surface area contributed by atoms with Crippen molar-refractivity contribution >= 4 is 29.6 Å². The molecular formula is C20H20ClN3O3. The summed E-state index contributed by atoms with van der Waals surface area (Å²) in [5.41, 5.74) is 3.63. The van der Waals surface area contributed by atoms with E-state index in [4.69, 9.17) is 11.6 Å². The van der Waals surface area contributed by atoms with Crippen LogP contribution in [0.1, 0.15) is 28.8 Å². The summed E-state index contributed by atoms with van der Waals surface area (Å²) in [7, 11) is 0. The van der Waals surface area contributed by atoms with Gasteiger partial charge in [-0.1, -0.05) is 23.7 Å². The molecule has 2 aromatic rings. The van der Waals surface area contributed by atoms with Gasteiger partial charge in [0.25, 0.3) is 5.91 Å². The molecule has 1 aliphatic heterocycles. The molecule has 2 amide bonds. The van der Waals surface area contributed by atoms with Crippen LogP contribution in [0.4, 0.5) is 0 Å². The zero-order valence-electron chi connectivity index (χ0n) is 14.6. The summed E-state index contributed by atoms with van der Waals surface area (Å²) in [6.45, 7) is 1.03. The molecule has 0 radical (unpaired) electrons. The number of rotatable bonds is 4. The fraction of sp³-hybridized carbons (Fsp3) is 0.250. The maximum absolute atomic E-state index is 12.5. The summed E-state index contributed by atoms with van der Waals surface area (Å²) in [6, 6.07) is 13.5. The van der Waals surface area contributed by atoms with Crippen LogP contribution >= 0.6 is 11.6 Å². The average Bonchev–Trinajstić information content (AvgIpc) is 2.69. The Hall–Kier alpha value is -2.86. The largest absolute Gasteiger partial charge is 0.507 e. The minimum Gasteiger partial charge on any atom is -0.507 e. The van der Waals surface area contributed by atoms with Crippen molar-refractivity contribution in [2.75, 3.05) is 13.1 Å². The quantitative estimate of drug-likeness (QED) is 0.626. The summed E-state index contributed by atoms with van der Waals surface area (Å²) in [5, 5.41) is 14.2. The van der Waals surface area contributed by atoms with Gasteiger partial charge in [0, 0.05) is 35.2 Å². The van der Waals surface area contributed by atoms with Crippen LogP contribution in [0.2, 0.25) is 5.02 Å². The fourth-order valence-corrected chi connectivity index (χ4v) is 3.10. The first-order chi connectivity index (χ1) is 13.0. The van der Waals surface area contributed by atoms with Gasteiger partial charge >= 0.3 is 0 Å². The summed E-state index contributed by atoms with van der Waals surface area (Å²) >= 11 is 5.85. The normalized spacial score (nSPS) is 15.1. The molecule has 1 fully saturated rings. The number of piperidine rings is 1. The highest BCUT2D eigenvalue weighted by Gasteiger charge is 2.27. The molecule has 27 heavy (non-hydrogen) atoms. The molecule has 1 aliphatic rings. The van der Waals surface area contributed by atoms with Gasteiger partial charge in [-0.2, -0.15) is 5.10 Å². The van der Waals surface area contributed by atoms with Crippen LogP contribution in [0, 0.1) is 5.92 Å². The van der Waals surface area contributed by atoms with Crippen LogP contribution in [-0.2, 0) is 4.79 Å². The maximum atomic E-state index is 12.5. The van der Waals surface area contributed by atoms with Crippen molar-refractivity contribution in [2.24, 2.45) is 11.0 Å². The molecule has 1 heterocycles.